The fourth-order valence-corrected chi connectivity index (χ4v) is 4.16. The van der Waals surface area contributed by atoms with E-state index in [1.807, 2.05) is 30.3 Å². The summed E-state index contributed by atoms with van der Waals surface area (Å²) in [6, 6.07) is 23.7. The van der Waals surface area contributed by atoms with E-state index in [0.717, 1.165) is 5.69 Å². The maximum absolute atomic E-state index is 12.5. The van der Waals surface area contributed by atoms with Gasteiger partial charge in [-0.1, -0.05) is 54.1 Å². The quantitative estimate of drug-likeness (QED) is 0.603. The first kappa shape index (κ1) is 18.3. The van der Waals surface area contributed by atoms with Gasteiger partial charge in [-0.25, -0.2) is 8.42 Å². The van der Waals surface area contributed by atoms with Crippen LogP contribution in [0.3, 0.4) is 0 Å². The van der Waals surface area contributed by atoms with Crippen LogP contribution in [-0.2, 0) is 10.0 Å². The molecule has 26 heavy (non-hydrogen) atoms. The summed E-state index contributed by atoms with van der Waals surface area (Å²) in [5.74, 6) is 0. The molecule has 0 aliphatic heterocycles. The molecule has 6 heteroatoms. The molecule has 134 valence electrons. The van der Waals surface area contributed by atoms with E-state index in [2.05, 4.69) is 29.1 Å². The van der Waals surface area contributed by atoms with Crippen molar-refractivity contribution in [3.05, 3.63) is 89.4 Å². The molecule has 1 atom stereocenters. The second-order valence-electron chi connectivity index (χ2n) is 5.89. The Balaban J connectivity index is 1.71. The van der Waals surface area contributed by atoms with Gasteiger partial charge >= 0.3 is 0 Å². The summed E-state index contributed by atoms with van der Waals surface area (Å²) < 4.78 is 27.5. The highest BCUT2D eigenvalue weighted by Gasteiger charge is 2.17. The highest BCUT2D eigenvalue weighted by Crippen LogP contribution is 2.25. The molecule has 3 aromatic carbocycles. The van der Waals surface area contributed by atoms with Crippen LogP contribution < -0.4 is 10.0 Å². The SMILES string of the molecule is CC(Nc1ccc(NS(=O)(=O)c2ccccc2Cl)cc1)c1ccccc1. The van der Waals surface area contributed by atoms with Crippen molar-refractivity contribution in [3.63, 3.8) is 0 Å². The van der Waals surface area contributed by atoms with Crippen molar-refractivity contribution >= 4 is 33.0 Å². The smallest absolute Gasteiger partial charge is 0.263 e. The molecule has 0 aliphatic carbocycles. The molecule has 3 rings (SSSR count). The fourth-order valence-electron chi connectivity index (χ4n) is 2.58. The third-order valence-corrected chi connectivity index (χ3v) is 5.83. The first-order valence-electron chi connectivity index (χ1n) is 8.14. The van der Waals surface area contributed by atoms with Crippen molar-refractivity contribution in [2.24, 2.45) is 0 Å². The van der Waals surface area contributed by atoms with Crippen molar-refractivity contribution in [1.29, 1.82) is 0 Å². The number of hydrogen-bond acceptors (Lipinski definition) is 3. The van der Waals surface area contributed by atoms with Crippen LogP contribution in [0.15, 0.2) is 83.8 Å². The van der Waals surface area contributed by atoms with E-state index in [-0.39, 0.29) is 16.0 Å². The average molecular weight is 387 g/mol. The molecule has 0 bridgehead atoms. The molecule has 0 spiro atoms. The molecule has 0 aromatic heterocycles. The summed E-state index contributed by atoms with van der Waals surface area (Å²) in [7, 11) is -3.73. The molecule has 0 saturated carbocycles. The molecule has 3 aromatic rings. The van der Waals surface area contributed by atoms with E-state index < -0.39 is 10.0 Å². The zero-order valence-electron chi connectivity index (χ0n) is 14.2. The number of halogens is 1. The van der Waals surface area contributed by atoms with Crippen molar-refractivity contribution in [2.75, 3.05) is 10.0 Å². The largest absolute Gasteiger partial charge is 0.379 e. The van der Waals surface area contributed by atoms with E-state index in [0.29, 0.717) is 5.69 Å². The third-order valence-electron chi connectivity index (χ3n) is 3.95. The third kappa shape index (κ3) is 4.36. The topological polar surface area (TPSA) is 58.2 Å². The van der Waals surface area contributed by atoms with Gasteiger partial charge in [0.05, 0.1) is 5.02 Å². The van der Waals surface area contributed by atoms with Crippen LogP contribution in [0.5, 0.6) is 0 Å². The Bertz CT molecular complexity index is 974. The number of hydrogen-bond donors (Lipinski definition) is 2. The zero-order valence-corrected chi connectivity index (χ0v) is 15.8. The second-order valence-corrected chi connectivity index (χ2v) is 7.95. The van der Waals surface area contributed by atoms with Gasteiger partial charge in [-0.2, -0.15) is 0 Å². The fraction of sp³-hybridized carbons (Fsp3) is 0.100. The summed E-state index contributed by atoms with van der Waals surface area (Å²) in [4.78, 5) is 0.0570. The van der Waals surface area contributed by atoms with Crippen molar-refractivity contribution in [1.82, 2.24) is 0 Å². The number of sulfonamides is 1. The predicted molar refractivity (Wildman–Crippen MR) is 107 cm³/mol. The minimum Gasteiger partial charge on any atom is -0.379 e. The zero-order chi connectivity index (χ0) is 18.6. The highest BCUT2D eigenvalue weighted by molar-refractivity contribution is 7.92. The molecule has 0 saturated heterocycles. The molecule has 4 nitrogen and oxygen atoms in total. The van der Waals surface area contributed by atoms with Gasteiger partial charge in [0.1, 0.15) is 4.90 Å². The summed E-state index contributed by atoms with van der Waals surface area (Å²) in [5, 5.41) is 3.58. The van der Waals surface area contributed by atoms with E-state index in [1.54, 1.807) is 30.3 Å². The van der Waals surface area contributed by atoms with Crippen LogP contribution in [0, 0.1) is 0 Å². The maximum Gasteiger partial charge on any atom is 0.263 e. The van der Waals surface area contributed by atoms with Crippen molar-refractivity contribution in [3.8, 4) is 0 Å². The predicted octanol–water partition coefficient (Wildman–Crippen LogP) is 5.31. The van der Waals surface area contributed by atoms with Gasteiger partial charge in [0.25, 0.3) is 10.0 Å². The average Bonchev–Trinajstić information content (AvgIpc) is 2.64. The highest BCUT2D eigenvalue weighted by atomic mass is 35.5. The monoisotopic (exact) mass is 386 g/mol. The Morgan fingerprint density at radius 2 is 1.38 bits per heavy atom. The molecule has 0 aliphatic rings. The molecule has 2 N–H and O–H groups in total. The van der Waals surface area contributed by atoms with E-state index in [1.165, 1.54) is 11.6 Å². The van der Waals surface area contributed by atoms with E-state index in [9.17, 15) is 8.42 Å². The number of nitrogens with one attached hydrogen (secondary N) is 2. The van der Waals surface area contributed by atoms with Crippen LogP contribution in [0.2, 0.25) is 5.02 Å². The Morgan fingerprint density at radius 3 is 2.04 bits per heavy atom. The Labute approximate surface area is 158 Å². The molecule has 0 heterocycles. The lowest BCUT2D eigenvalue weighted by Gasteiger charge is -2.16. The summed E-state index contributed by atoms with van der Waals surface area (Å²) in [6.45, 7) is 2.07. The van der Waals surface area contributed by atoms with Crippen LogP contribution in [0.25, 0.3) is 0 Å². The van der Waals surface area contributed by atoms with Crippen molar-refractivity contribution < 1.29 is 8.42 Å². The maximum atomic E-state index is 12.5. The molecule has 0 radical (unpaired) electrons. The first-order chi connectivity index (χ1) is 12.5. The minimum atomic E-state index is -3.73. The first-order valence-corrected chi connectivity index (χ1v) is 10.0. The Kier molecular flexibility index (Phi) is 5.49. The van der Waals surface area contributed by atoms with E-state index >= 15 is 0 Å². The molecular weight excluding hydrogens is 368 g/mol. The van der Waals surface area contributed by atoms with Crippen LogP contribution >= 0.6 is 11.6 Å². The molecular formula is C20H19ClN2O2S. The van der Waals surface area contributed by atoms with Crippen molar-refractivity contribution in [2.45, 2.75) is 17.9 Å². The van der Waals surface area contributed by atoms with Crippen LogP contribution in [0.1, 0.15) is 18.5 Å². The lowest BCUT2D eigenvalue weighted by atomic mass is 10.1. The second kappa shape index (κ2) is 7.81. The Morgan fingerprint density at radius 1 is 0.808 bits per heavy atom. The van der Waals surface area contributed by atoms with Gasteiger partial charge in [-0.3, -0.25) is 4.72 Å². The molecule has 0 amide bonds. The van der Waals surface area contributed by atoms with Gasteiger partial charge < -0.3 is 5.32 Å². The summed E-state index contributed by atoms with van der Waals surface area (Å²) >= 11 is 5.99. The van der Waals surface area contributed by atoms with Gasteiger partial charge in [0.15, 0.2) is 0 Å². The van der Waals surface area contributed by atoms with Gasteiger partial charge in [0, 0.05) is 17.4 Å². The van der Waals surface area contributed by atoms with Crippen LogP contribution in [0.4, 0.5) is 11.4 Å². The Hall–Kier alpha value is -2.50. The van der Waals surface area contributed by atoms with Gasteiger partial charge in [-0.05, 0) is 48.9 Å². The lowest BCUT2D eigenvalue weighted by Crippen LogP contribution is -2.13. The lowest BCUT2D eigenvalue weighted by molar-refractivity contribution is 0.601. The number of benzene rings is 3. The number of rotatable bonds is 6. The van der Waals surface area contributed by atoms with Crippen LogP contribution in [-0.4, -0.2) is 8.42 Å². The minimum absolute atomic E-state index is 0.0570. The molecule has 1 unspecified atom stereocenters. The normalized spacial score (nSPS) is 12.4. The summed E-state index contributed by atoms with van der Waals surface area (Å²) in [6.07, 6.45) is 0. The molecule has 0 fully saturated rings. The van der Waals surface area contributed by atoms with E-state index in [4.69, 9.17) is 11.6 Å². The standard InChI is InChI=1S/C20H19ClN2O2S/c1-15(16-7-3-2-4-8-16)22-17-11-13-18(14-12-17)23-26(24,25)20-10-6-5-9-19(20)21/h2-15,22-23H,1H3. The summed E-state index contributed by atoms with van der Waals surface area (Å²) in [5.41, 5.74) is 2.56. The van der Waals surface area contributed by atoms with Gasteiger partial charge in [-0.15, -0.1) is 0 Å². The number of anilines is 2. The van der Waals surface area contributed by atoms with Gasteiger partial charge in [0.2, 0.25) is 0 Å².